The number of carbonyl (C=O) groups excluding carboxylic acids is 1. The van der Waals surface area contributed by atoms with E-state index in [0.29, 0.717) is 11.3 Å². The summed E-state index contributed by atoms with van der Waals surface area (Å²) < 4.78 is 5.16. The van der Waals surface area contributed by atoms with Crippen molar-refractivity contribution in [1.82, 2.24) is 5.32 Å². The number of aliphatic hydroxyl groups excluding tert-OH is 1. The average Bonchev–Trinajstić information content (AvgIpc) is 2.41. The van der Waals surface area contributed by atoms with Gasteiger partial charge in [-0.1, -0.05) is 25.0 Å². The zero-order chi connectivity index (χ0) is 13.0. The molecule has 0 bridgehead atoms. The van der Waals surface area contributed by atoms with Crippen LogP contribution in [0.3, 0.4) is 0 Å². The van der Waals surface area contributed by atoms with E-state index in [1.807, 2.05) is 6.07 Å². The molecule has 0 spiro atoms. The Kier molecular flexibility index (Phi) is 4.20. The van der Waals surface area contributed by atoms with Crippen molar-refractivity contribution >= 4 is 5.91 Å². The van der Waals surface area contributed by atoms with Crippen molar-refractivity contribution in [3.05, 3.63) is 29.8 Å². The van der Waals surface area contributed by atoms with Crippen LogP contribution in [0.5, 0.6) is 5.75 Å². The summed E-state index contributed by atoms with van der Waals surface area (Å²) in [7, 11) is 1.54. The van der Waals surface area contributed by atoms with E-state index in [-0.39, 0.29) is 11.9 Å². The van der Waals surface area contributed by atoms with Crippen molar-refractivity contribution < 1.29 is 14.6 Å². The van der Waals surface area contributed by atoms with Crippen molar-refractivity contribution in [2.75, 3.05) is 7.11 Å². The molecule has 2 unspecified atom stereocenters. The van der Waals surface area contributed by atoms with Crippen LogP contribution in [0.15, 0.2) is 24.3 Å². The van der Waals surface area contributed by atoms with E-state index in [9.17, 15) is 9.90 Å². The third-order valence-corrected chi connectivity index (χ3v) is 3.40. The fraction of sp³-hybridized carbons (Fsp3) is 0.500. The zero-order valence-electron chi connectivity index (χ0n) is 10.6. The lowest BCUT2D eigenvalue weighted by Gasteiger charge is -2.28. The molecule has 0 heterocycles. The Hall–Kier alpha value is -1.55. The van der Waals surface area contributed by atoms with Gasteiger partial charge in [0.25, 0.3) is 5.91 Å². The Balaban J connectivity index is 2.07. The quantitative estimate of drug-likeness (QED) is 0.857. The molecular weight excluding hydrogens is 230 g/mol. The molecule has 1 aromatic rings. The highest BCUT2D eigenvalue weighted by molar-refractivity contribution is 5.97. The molecule has 0 aromatic heterocycles. The number of hydrogen-bond acceptors (Lipinski definition) is 3. The van der Waals surface area contributed by atoms with Crippen LogP contribution in [0.4, 0.5) is 0 Å². The topological polar surface area (TPSA) is 58.6 Å². The zero-order valence-corrected chi connectivity index (χ0v) is 10.6. The van der Waals surface area contributed by atoms with Crippen LogP contribution in [0, 0.1) is 0 Å². The van der Waals surface area contributed by atoms with Crippen molar-refractivity contribution in [2.24, 2.45) is 0 Å². The van der Waals surface area contributed by atoms with Gasteiger partial charge in [-0.05, 0) is 25.0 Å². The van der Waals surface area contributed by atoms with Gasteiger partial charge in [0.05, 0.1) is 24.8 Å². The number of para-hydroxylation sites is 1. The lowest BCUT2D eigenvalue weighted by atomic mass is 9.92. The predicted molar refractivity (Wildman–Crippen MR) is 68.7 cm³/mol. The molecule has 1 fully saturated rings. The first-order chi connectivity index (χ1) is 8.72. The molecule has 2 N–H and O–H groups in total. The van der Waals surface area contributed by atoms with E-state index < -0.39 is 6.10 Å². The fourth-order valence-electron chi connectivity index (χ4n) is 2.36. The van der Waals surface area contributed by atoms with Crippen molar-refractivity contribution in [3.8, 4) is 5.75 Å². The standard InChI is InChI=1S/C14H19NO3/c1-18-13-9-5-2-6-10(13)14(17)15-11-7-3-4-8-12(11)16/h2,5-6,9,11-12,16H,3-4,7-8H2,1H3,(H,15,17). The monoisotopic (exact) mass is 249 g/mol. The number of hydrogen-bond donors (Lipinski definition) is 2. The molecule has 18 heavy (non-hydrogen) atoms. The minimum absolute atomic E-state index is 0.142. The van der Waals surface area contributed by atoms with Crippen LogP contribution >= 0.6 is 0 Å². The maximum atomic E-state index is 12.1. The molecule has 1 amide bonds. The molecular formula is C14H19NO3. The van der Waals surface area contributed by atoms with Crippen molar-refractivity contribution in [3.63, 3.8) is 0 Å². The molecule has 0 saturated heterocycles. The van der Waals surface area contributed by atoms with Gasteiger partial charge in [-0.3, -0.25) is 4.79 Å². The summed E-state index contributed by atoms with van der Waals surface area (Å²) in [6.45, 7) is 0. The van der Waals surface area contributed by atoms with Gasteiger partial charge in [0, 0.05) is 0 Å². The normalized spacial score (nSPS) is 23.4. The second-order valence-corrected chi connectivity index (χ2v) is 4.63. The highest BCUT2D eigenvalue weighted by atomic mass is 16.5. The van der Waals surface area contributed by atoms with E-state index in [4.69, 9.17) is 4.74 Å². The minimum atomic E-state index is -0.433. The van der Waals surface area contributed by atoms with Gasteiger partial charge >= 0.3 is 0 Å². The first-order valence-corrected chi connectivity index (χ1v) is 6.34. The third-order valence-electron chi connectivity index (χ3n) is 3.40. The molecule has 1 saturated carbocycles. The smallest absolute Gasteiger partial charge is 0.255 e. The maximum absolute atomic E-state index is 12.1. The van der Waals surface area contributed by atoms with Crippen LogP contribution in [0.1, 0.15) is 36.0 Å². The molecule has 98 valence electrons. The number of methoxy groups -OCH3 is 1. The summed E-state index contributed by atoms with van der Waals surface area (Å²) in [6.07, 6.45) is 3.24. The molecule has 1 aliphatic carbocycles. The number of aliphatic hydroxyl groups is 1. The molecule has 0 radical (unpaired) electrons. The summed E-state index contributed by atoms with van der Waals surface area (Å²) in [5, 5.41) is 12.7. The second-order valence-electron chi connectivity index (χ2n) is 4.63. The second kappa shape index (κ2) is 5.87. The molecule has 1 aliphatic rings. The van der Waals surface area contributed by atoms with Gasteiger partial charge in [-0.15, -0.1) is 0 Å². The number of ether oxygens (including phenoxy) is 1. The lowest BCUT2D eigenvalue weighted by molar-refractivity contribution is 0.0715. The van der Waals surface area contributed by atoms with Crippen LogP contribution in [-0.2, 0) is 0 Å². The van der Waals surface area contributed by atoms with Crippen LogP contribution in [-0.4, -0.2) is 30.3 Å². The Morgan fingerprint density at radius 1 is 1.33 bits per heavy atom. The minimum Gasteiger partial charge on any atom is -0.496 e. The Morgan fingerprint density at radius 2 is 2.06 bits per heavy atom. The van der Waals surface area contributed by atoms with Crippen molar-refractivity contribution in [2.45, 2.75) is 37.8 Å². The Bertz CT molecular complexity index is 419. The fourth-order valence-corrected chi connectivity index (χ4v) is 2.36. The van der Waals surface area contributed by atoms with Gasteiger partial charge < -0.3 is 15.2 Å². The largest absolute Gasteiger partial charge is 0.496 e. The van der Waals surface area contributed by atoms with Crippen molar-refractivity contribution in [1.29, 1.82) is 0 Å². The number of rotatable bonds is 3. The highest BCUT2D eigenvalue weighted by Gasteiger charge is 2.25. The summed E-state index contributed by atoms with van der Waals surface area (Å²) in [5.74, 6) is 0.374. The van der Waals surface area contributed by atoms with E-state index in [2.05, 4.69) is 5.32 Å². The van der Waals surface area contributed by atoms with E-state index in [1.165, 1.54) is 0 Å². The maximum Gasteiger partial charge on any atom is 0.255 e. The summed E-state index contributed by atoms with van der Waals surface area (Å²) in [5.41, 5.74) is 0.512. The number of benzene rings is 1. The number of amides is 1. The van der Waals surface area contributed by atoms with Crippen LogP contribution in [0.25, 0.3) is 0 Å². The first-order valence-electron chi connectivity index (χ1n) is 6.34. The molecule has 2 rings (SSSR count). The molecule has 2 atom stereocenters. The summed E-state index contributed by atoms with van der Waals surface area (Å²) >= 11 is 0. The Morgan fingerprint density at radius 3 is 2.78 bits per heavy atom. The highest BCUT2D eigenvalue weighted by Crippen LogP contribution is 2.21. The van der Waals surface area contributed by atoms with Gasteiger partial charge in [0.15, 0.2) is 0 Å². The Labute approximate surface area is 107 Å². The van der Waals surface area contributed by atoms with Crippen LogP contribution < -0.4 is 10.1 Å². The van der Waals surface area contributed by atoms with Gasteiger partial charge in [0.1, 0.15) is 5.75 Å². The molecule has 4 nitrogen and oxygen atoms in total. The predicted octanol–water partition coefficient (Wildman–Crippen LogP) is 1.73. The molecule has 1 aromatic carbocycles. The van der Waals surface area contributed by atoms with E-state index >= 15 is 0 Å². The molecule has 0 aliphatic heterocycles. The van der Waals surface area contributed by atoms with Gasteiger partial charge in [-0.25, -0.2) is 0 Å². The van der Waals surface area contributed by atoms with E-state index in [1.54, 1.807) is 25.3 Å². The lowest BCUT2D eigenvalue weighted by Crippen LogP contribution is -2.45. The summed E-state index contributed by atoms with van der Waals surface area (Å²) in [4.78, 5) is 12.1. The molecule has 4 heteroatoms. The number of carbonyl (C=O) groups is 1. The van der Waals surface area contributed by atoms with E-state index in [0.717, 1.165) is 25.7 Å². The van der Waals surface area contributed by atoms with Crippen LogP contribution in [0.2, 0.25) is 0 Å². The third kappa shape index (κ3) is 2.82. The van der Waals surface area contributed by atoms with Gasteiger partial charge in [-0.2, -0.15) is 0 Å². The number of nitrogens with one attached hydrogen (secondary N) is 1. The SMILES string of the molecule is COc1ccccc1C(=O)NC1CCCCC1O. The first kappa shape index (κ1) is 12.9. The average molecular weight is 249 g/mol. The van der Waals surface area contributed by atoms with Gasteiger partial charge in [0.2, 0.25) is 0 Å². The summed E-state index contributed by atoms with van der Waals surface area (Å²) in [6, 6.07) is 6.96.